The molecule has 0 atom stereocenters. The highest BCUT2D eigenvalue weighted by atomic mass is 16.8. The second-order valence-corrected chi connectivity index (χ2v) is 4.48. The maximum Gasteiger partial charge on any atom is 0.0371 e. The van der Waals surface area contributed by atoms with Crippen LogP contribution in [-0.2, 0) is 4.94 Å². The summed E-state index contributed by atoms with van der Waals surface area (Å²) in [6, 6.07) is 0.670. The Kier molecular flexibility index (Phi) is 4.22. The summed E-state index contributed by atoms with van der Waals surface area (Å²) in [4.78, 5) is 5.58. The Morgan fingerprint density at radius 3 is 2.50 bits per heavy atom. The normalized spacial score (nSPS) is 28.3. The van der Waals surface area contributed by atoms with Crippen molar-refractivity contribution in [1.82, 2.24) is 10.5 Å². The molecule has 0 aromatic rings. The van der Waals surface area contributed by atoms with Crippen molar-refractivity contribution in [1.29, 1.82) is 0 Å². The van der Waals surface area contributed by atoms with Crippen LogP contribution in [0.5, 0.6) is 0 Å². The number of nitrogens with one attached hydrogen (secondary N) is 1. The second-order valence-electron chi connectivity index (χ2n) is 4.48. The third-order valence-corrected chi connectivity index (χ3v) is 3.32. The molecule has 14 heavy (non-hydrogen) atoms. The van der Waals surface area contributed by atoms with Crippen molar-refractivity contribution in [2.45, 2.75) is 57.4 Å². The van der Waals surface area contributed by atoms with Gasteiger partial charge < -0.3 is 0 Å². The van der Waals surface area contributed by atoms with E-state index in [1.54, 1.807) is 0 Å². The zero-order chi connectivity index (χ0) is 9.64. The average molecular weight is 198 g/mol. The third-order valence-electron chi connectivity index (χ3n) is 3.32. The molecule has 0 aromatic carbocycles. The molecule has 0 aromatic heterocycles. The monoisotopic (exact) mass is 198 g/mol. The Labute approximate surface area is 86.7 Å². The van der Waals surface area contributed by atoms with Gasteiger partial charge in [-0.15, -0.1) is 0 Å². The highest BCUT2D eigenvalue weighted by Gasteiger charge is 2.21. The van der Waals surface area contributed by atoms with E-state index in [1.165, 1.54) is 51.4 Å². The van der Waals surface area contributed by atoms with Crippen LogP contribution in [0, 0.1) is 0 Å². The van der Waals surface area contributed by atoms with Crippen LogP contribution in [0.25, 0.3) is 0 Å². The Morgan fingerprint density at radius 1 is 0.929 bits per heavy atom. The summed E-state index contributed by atoms with van der Waals surface area (Å²) in [5.74, 6) is 0. The highest BCUT2D eigenvalue weighted by Crippen LogP contribution is 2.22. The molecule has 1 heterocycles. The summed E-state index contributed by atoms with van der Waals surface area (Å²) in [6.45, 7) is 2.11. The predicted molar refractivity (Wildman–Crippen MR) is 56.5 cm³/mol. The largest absolute Gasteiger partial charge is 0.211 e. The standard InChI is InChI=1S/C11H22N2O/c1-2-4-8-11(7-3-1)13-10-6-5-9-12-14-13/h11-12H,1-10H2. The zero-order valence-electron chi connectivity index (χ0n) is 9.00. The van der Waals surface area contributed by atoms with Crippen LogP contribution >= 0.6 is 0 Å². The number of hydroxylamine groups is 3. The van der Waals surface area contributed by atoms with Crippen LogP contribution in [-0.4, -0.2) is 24.2 Å². The number of nitrogens with zero attached hydrogens (tertiary/aromatic N) is 1. The van der Waals surface area contributed by atoms with Gasteiger partial charge in [0.2, 0.25) is 0 Å². The van der Waals surface area contributed by atoms with Crippen molar-refractivity contribution in [2.75, 3.05) is 13.1 Å². The molecule has 0 bridgehead atoms. The van der Waals surface area contributed by atoms with Crippen LogP contribution in [0.4, 0.5) is 0 Å². The molecule has 2 fully saturated rings. The number of hydrogen-bond acceptors (Lipinski definition) is 3. The molecule has 0 radical (unpaired) electrons. The first-order valence-corrected chi connectivity index (χ1v) is 6.13. The molecule has 2 aliphatic rings. The predicted octanol–water partition coefficient (Wildman–Crippen LogP) is 2.24. The summed E-state index contributed by atoms with van der Waals surface area (Å²) in [5, 5.41) is 2.19. The lowest BCUT2D eigenvalue weighted by atomic mass is 10.1. The van der Waals surface area contributed by atoms with E-state index >= 15 is 0 Å². The van der Waals surface area contributed by atoms with Gasteiger partial charge >= 0.3 is 0 Å². The van der Waals surface area contributed by atoms with Gasteiger partial charge in [-0.3, -0.25) is 0 Å². The molecule has 3 nitrogen and oxygen atoms in total. The van der Waals surface area contributed by atoms with Crippen LogP contribution < -0.4 is 5.48 Å². The molecule has 1 aliphatic heterocycles. The second kappa shape index (κ2) is 5.69. The molecular formula is C11H22N2O. The molecule has 0 spiro atoms. The summed E-state index contributed by atoms with van der Waals surface area (Å²) >= 11 is 0. The molecule has 1 N–H and O–H groups in total. The summed E-state index contributed by atoms with van der Waals surface area (Å²) in [6.07, 6.45) is 10.7. The van der Waals surface area contributed by atoms with Gasteiger partial charge in [0.1, 0.15) is 0 Å². The van der Waals surface area contributed by atoms with E-state index in [1.807, 2.05) is 0 Å². The Morgan fingerprint density at radius 2 is 1.71 bits per heavy atom. The topological polar surface area (TPSA) is 24.5 Å². The van der Waals surface area contributed by atoms with Crippen molar-refractivity contribution in [3.8, 4) is 0 Å². The van der Waals surface area contributed by atoms with Crippen LogP contribution in [0.15, 0.2) is 0 Å². The van der Waals surface area contributed by atoms with Gasteiger partial charge in [-0.1, -0.05) is 25.7 Å². The van der Waals surface area contributed by atoms with E-state index < -0.39 is 0 Å². The smallest absolute Gasteiger partial charge is 0.0371 e. The molecule has 1 saturated carbocycles. The highest BCUT2D eigenvalue weighted by molar-refractivity contribution is 4.70. The van der Waals surface area contributed by atoms with Gasteiger partial charge in [-0.25, -0.2) is 4.94 Å². The lowest BCUT2D eigenvalue weighted by Crippen LogP contribution is -2.38. The summed E-state index contributed by atoms with van der Waals surface area (Å²) < 4.78 is 0. The fourth-order valence-corrected chi connectivity index (χ4v) is 2.44. The molecule has 0 amide bonds. The fraction of sp³-hybridized carbons (Fsp3) is 1.00. The van der Waals surface area contributed by atoms with Crippen LogP contribution in [0.1, 0.15) is 51.4 Å². The van der Waals surface area contributed by atoms with E-state index in [4.69, 9.17) is 4.94 Å². The van der Waals surface area contributed by atoms with Gasteiger partial charge in [0.05, 0.1) is 0 Å². The van der Waals surface area contributed by atoms with Gasteiger partial charge in [0.15, 0.2) is 0 Å². The Balaban J connectivity index is 1.83. The van der Waals surface area contributed by atoms with E-state index in [0.717, 1.165) is 13.1 Å². The number of rotatable bonds is 1. The van der Waals surface area contributed by atoms with Crippen molar-refractivity contribution >= 4 is 0 Å². The minimum absolute atomic E-state index is 0.670. The lowest BCUT2D eigenvalue weighted by Gasteiger charge is -2.27. The maximum atomic E-state index is 5.58. The molecular weight excluding hydrogens is 176 g/mol. The third kappa shape index (κ3) is 2.94. The molecule has 0 unspecified atom stereocenters. The van der Waals surface area contributed by atoms with E-state index in [-0.39, 0.29) is 0 Å². The zero-order valence-corrected chi connectivity index (χ0v) is 9.00. The first-order valence-electron chi connectivity index (χ1n) is 6.13. The van der Waals surface area contributed by atoms with Gasteiger partial charge in [-0.2, -0.15) is 10.5 Å². The minimum Gasteiger partial charge on any atom is -0.211 e. The van der Waals surface area contributed by atoms with Crippen molar-refractivity contribution in [3.63, 3.8) is 0 Å². The van der Waals surface area contributed by atoms with Crippen LogP contribution in [0.2, 0.25) is 0 Å². The average Bonchev–Trinajstić information content (AvgIpc) is 2.62. The molecule has 1 aliphatic carbocycles. The Bertz CT molecular complexity index is 129. The van der Waals surface area contributed by atoms with Crippen LogP contribution in [0.3, 0.4) is 0 Å². The van der Waals surface area contributed by atoms with Crippen molar-refractivity contribution in [2.24, 2.45) is 0 Å². The molecule has 82 valence electrons. The van der Waals surface area contributed by atoms with Gasteiger partial charge in [0.25, 0.3) is 0 Å². The van der Waals surface area contributed by atoms with Crippen molar-refractivity contribution < 1.29 is 4.94 Å². The molecule has 3 heteroatoms. The first kappa shape index (κ1) is 10.4. The summed E-state index contributed by atoms with van der Waals surface area (Å²) in [5.41, 5.74) is 3.04. The van der Waals surface area contributed by atoms with E-state index in [9.17, 15) is 0 Å². The van der Waals surface area contributed by atoms with Crippen molar-refractivity contribution in [3.05, 3.63) is 0 Å². The van der Waals surface area contributed by atoms with E-state index in [0.29, 0.717) is 6.04 Å². The summed E-state index contributed by atoms with van der Waals surface area (Å²) in [7, 11) is 0. The first-order chi connectivity index (χ1) is 6.97. The van der Waals surface area contributed by atoms with Gasteiger partial charge in [-0.05, 0) is 25.7 Å². The quantitative estimate of drug-likeness (QED) is 0.654. The Hall–Kier alpha value is -0.120. The maximum absolute atomic E-state index is 5.58. The molecule has 2 rings (SSSR count). The van der Waals surface area contributed by atoms with Gasteiger partial charge in [0, 0.05) is 19.1 Å². The minimum atomic E-state index is 0.670. The number of hydrogen-bond donors (Lipinski definition) is 1. The fourth-order valence-electron chi connectivity index (χ4n) is 2.44. The van der Waals surface area contributed by atoms with E-state index in [2.05, 4.69) is 10.5 Å². The SMILES string of the molecule is C1CCCC(N2CCCCNO2)CC1. The lowest BCUT2D eigenvalue weighted by molar-refractivity contribution is -0.227. The molecule has 1 saturated heterocycles.